The number of nitrogens with zero attached hydrogens (tertiary/aromatic N) is 3. The van der Waals surface area contributed by atoms with Crippen molar-refractivity contribution in [2.45, 2.75) is 37.8 Å². The summed E-state index contributed by atoms with van der Waals surface area (Å²) in [4.78, 5) is 35.8. The van der Waals surface area contributed by atoms with Crippen LogP contribution in [0.5, 0.6) is 0 Å². The predicted octanol–water partition coefficient (Wildman–Crippen LogP) is 2.86. The number of benzene rings is 1. The van der Waals surface area contributed by atoms with Gasteiger partial charge in [-0.15, -0.1) is 0 Å². The Balaban J connectivity index is 1.46. The smallest absolute Gasteiger partial charge is 0.239 e. The van der Waals surface area contributed by atoms with Gasteiger partial charge in [0, 0.05) is 54.2 Å². The first-order chi connectivity index (χ1) is 14.8. The van der Waals surface area contributed by atoms with Crippen molar-refractivity contribution >= 4 is 46.0 Å². The summed E-state index contributed by atoms with van der Waals surface area (Å²) in [5, 5.41) is 4.89. The van der Waals surface area contributed by atoms with Crippen molar-refractivity contribution in [1.29, 1.82) is 0 Å². The van der Waals surface area contributed by atoms with Crippen LogP contribution in [-0.4, -0.2) is 45.4 Å². The Bertz CT molecular complexity index is 1200. The van der Waals surface area contributed by atoms with Crippen molar-refractivity contribution in [2.75, 3.05) is 17.3 Å². The second kappa shape index (κ2) is 7.39. The van der Waals surface area contributed by atoms with Crippen molar-refractivity contribution in [1.82, 2.24) is 14.5 Å². The highest BCUT2D eigenvalue weighted by Crippen LogP contribution is 2.34. The molecule has 1 amide bonds. The van der Waals surface area contributed by atoms with E-state index in [4.69, 9.17) is 17.3 Å². The van der Waals surface area contributed by atoms with E-state index in [9.17, 15) is 9.59 Å². The number of carbonyl (C=O) groups excluding carboxylic acids is 2. The molecule has 0 spiro atoms. The summed E-state index contributed by atoms with van der Waals surface area (Å²) >= 11 is 6.27. The summed E-state index contributed by atoms with van der Waals surface area (Å²) in [5.41, 5.74) is 8.30. The van der Waals surface area contributed by atoms with Crippen LogP contribution in [0.25, 0.3) is 10.9 Å². The molecule has 1 aliphatic carbocycles. The molecule has 2 unspecified atom stereocenters. The Hall–Kier alpha value is -2.84. The van der Waals surface area contributed by atoms with Gasteiger partial charge in [0.1, 0.15) is 11.6 Å². The van der Waals surface area contributed by atoms with Gasteiger partial charge in [0.25, 0.3) is 0 Å². The summed E-state index contributed by atoms with van der Waals surface area (Å²) in [6, 6.07) is 7.69. The lowest BCUT2D eigenvalue weighted by Gasteiger charge is -2.27. The lowest BCUT2D eigenvalue weighted by Crippen LogP contribution is -2.44. The highest BCUT2D eigenvalue weighted by molar-refractivity contribution is 6.35. The molecule has 4 N–H and O–H groups in total. The second-order valence-electron chi connectivity index (χ2n) is 8.53. The predicted molar refractivity (Wildman–Crippen MR) is 121 cm³/mol. The first-order valence-corrected chi connectivity index (χ1v) is 10.9. The zero-order valence-corrected chi connectivity index (χ0v) is 18.2. The molecular weight excluding hydrogens is 416 g/mol. The van der Waals surface area contributed by atoms with Crippen LogP contribution >= 0.6 is 11.6 Å². The van der Waals surface area contributed by atoms with E-state index in [1.807, 2.05) is 24.3 Å². The number of H-pyrrole nitrogens is 1. The number of fused-ring (bicyclic) bond motifs is 2. The minimum Gasteiger partial charge on any atom is -0.358 e. The van der Waals surface area contributed by atoms with Gasteiger partial charge in [0.15, 0.2) is 11.6 Å². The summed E-state index contributed by atoms with van der Waals surface area (Å²) in [6.07, 6.45) is 3.27. The van der Waals surface area contributed by atoms with Gasteiger partial charge in [-0.3, -0.25) is 14.5 Å². The first-order valence-electron chi connectivity index (χ1n) is 10.5. The quantitative estimate of drug-likeness (QED) is 0.540. The second-order valence-corrected chi connectivity index (χ2v) is 8.93. The van der Waals surface area contributed by atoms with Gasteiger partial charge in [0.2, 0.25) is 11.9 Å². The number of anilines is 2. The average molecular weight is 441 g/mol. The lowest BCUT2D eigenvalue weighted by molar-refractivity contribution is -0.121. The molecule has 3 atom stereocenters. The molecule has 0 radical (unpaired) electrons. The van der Waals surface area contributed by atoms with Gasteiger partial charge >= 0.3 is 0 Å². The topological polar surface area (TPSA) is 109 Å². The van der Waals surface area contributed by atoms with E-state index in [0.29, 0.717) is 22.5 Å². The minimum atomic E-state index is -0.818. The van der Waals surface area contributed by atoms with E-state index in [-0.39, 0.29) is 30.2 Å². The number of hydrogen-bond acceptors (Lipinski definition) is 5. The zero-order chi connectivity index (χ0) is 21.9. The third kappa shape index (κ3) is 3.21. The highest BCUT2D eigenvalue weighted by Gasteiger charge is 2.42. The maximum absolute atomic E-state index is 13.4. The van der Waals surface area contributed by atoms with Crippen molar-refractivity contribution in [2.24, 2.45) is 18.7 Å². The van der Waals surface area contributed by atoms with Crippen LogP contribution in [0.4, 0.5) is 11.8 Å². The van der Waals surface area contributed by atoms with Gasteiger partial charge in [-0.25, -0.2) is 0 Å². The number of nitrogens with one attached hydrogen (secondary N) is 2. The van der Waals surface area contributed by atoms with Crippen molar-refractivity contribution < 1.29 is 9.59 Å². The molecule has 5 rings (SSSR count). The van der Waals surface area contributed by atoms with Gasteiger partial charge in [-0.1, -0.05) is 17.7 Å². The van der Waals surface area contributed by atoms with Gasteiger partial charge in [0.05, 0.1) is 0 Å². The molecule has 1 aliphatic heterocycles. The number of amides is 1. The number of imidazole rings is 1. The standard InChI is InChI=1S/C22H25ClN6O2/c1-28-18-19(30)13(10-11-9-12-14(23)5-3-7-16(12)25-11)21(31)29(2)20(18)27-22(28)26-17-8-4-6-15(17)24/h3,5,7,9,13,15,17,25H,4,6,8,10,24H2,1-2H3,(H,26,27)/t13?,15-,17?/m0/s1. The Morgan fingerprint density at radius 1 is 1.29 bits per heavy atom. The van der Waals surface area contributed by atoms with E-state index in [0.717, 1.165) is 35.9 Å². The molecule has 162 valence electrons. The van der Waals surface area contributed by atoms with Crippen LogP contribution in [0, 0.1) is 5.92 Å². The number of ketones is 1. The Labute approximate surface area is 184 Å². The molecule has 1 saturated carbocycles. The number of aromatic nitrogens is 3. The number of aromatic amines is 1. The van der Waals surface area contributed by atoms with Gasteiger partial charge in [-0.05, 0) is 37.5 Å². The van der Waals surface area contributed by atoms with Crippen LogP contribution in [0.1, 0.15) is 35.4 Å². The van der Waals surface area contributed by atoms with Crippen LogP contribution in [-0.2, 0) is 18.3 Å². The van der Waals surface area contributed by atoms with E-state index in [1.165, 1.54) is 4.90 Å². The number of nitrogens with two attached hydrogens (primary N) is 1. The monoisotopic (exact) mass is 440 g/mol. The summed E-state index contributed by atoms with van der Waals surface area (Å²) in [5.74, 6) is -0.340. The fourth-order valence-corrected chi connectivity index (χ4v) is 4.99. The van der Waals surface area contributed by atoms with Crippen LogP contribution < -0.4 is 16.0 Å². The van der Waals surface area contributed by atoms with E-state index < -0.39 is 5.92 Å². The zero-order valence-electron chi connectivity index (χ0n) is 17.5. The summed E-state index contributed by atoms with van der Waals surface area (Å²) in [6.45, 7) is 0. The average Bonchev–Trinajstić information content (AvgIpc) is 3.43. The third-order valence-electron chi connectivity index (χ3n) is 6.55. The van der Waals surface area contributed by atoms with E-state index in [2.05, 4.69) is 15.3 Å². The van der Waals surface area contributed by atoms with Crippen molar-refractivity contribution in [3.8, 4) is 0 Å². The van der Waals surface area contributed by atoms with E-state index in [1.54, 1.807) is 18.7 Å². The van der Waals surface area contributed by atoms with E-state index >= 15 is 0 Å². The van der Waals surface area contributed by atoms with Gasteiger partial charge in [-0.2, -0.15) is 4.98 Å². The number of halogens is 1. The Kier molecular flexibility index (Phi) is 4.79. The Morgan fingerprint density at radius 2 is 2.10 bits per heavy atom. The molecule has 3 aromatic rings. The number of Topliss-reactive ketones (excluding diaryl/α,β-unsaturated/α-hetero) is 1. The largest absolute Gasteiger partial charge is 0.358 e. The van der Waals surface area contributed by atoms with Gasteiger partial charge < -0.3 is 20.6 Å². The Morgan fingerprint density at radius 3 is 2.81 bits per heavy atom. The van der Waals surface area contributed by atoms with Crippen LogP contribution in [0.3, 0.4) is 0 Å². The minimum absolute atomic E-state index is 0.0605. The maximum Gasteiger partial charge on any atom is 0.239 e. The number of rotatable bonds is 4. The summed E-state index contributed by atoms with van der Waals surface area (Å²) in [7, 11) is 3.47. The molecule has 1 fully saturated rings. The molecule has 3 heterocycles. The van der Waals surface area contributed by atoms with Crippen molar-refractivity contribution in [3.05, 3.63) is 40.7 Å². The highest BCUT2D eigenvalue weighted by atomic mass is 35.5. The van der Waals surface area contributed by atoms with Crippen LogP contribution in [0.15, 0.2) is 24.3 Å². The SMILES string of the molecule is CN1C(=O)C(Cc2cc3c(Cl)cccc3[nH]2)C(=O)c2c1nc(NC1CCC[C@@H]1N)n2C. The fourth-order valence-electron chi connectivity index (χ4n) is 4.76. The fraction of sp³-hybridized carbons (Fsp3) is 0.409. The summed E-state index contributed by atoms with van der Waals surface area (Å²) < 4.78 is 1.75. The number of hydrogen-bond donors (Lipinski definition) is 3. The maximum atomic E-state index is 13.4. The van der Waals surface area contributed by atoms with Crippen LogP contribution in [0.2, 0.25) is 5.02 Å². The molecule has 0 bridgehead atoms. The number of carbonyl (C=O) groups is 2. The third-order valence-corrected chi connectivity index (χ3v) is 6.88. The molecule has 0 saturated heterocycles. The van der Waals surface area contributed by atoms with Crippen molar-refractivity contribution in [3.63, 3.8) is 0 Å². The molecule has 2 aromatic heterocycles. The lowest BCUT2D eigenvalue weighted by atomic mass is 9.91. The molecule has 31 heavy (non-hydrogen) atoms. The molecule has 2 aliphatic rings. The first kappa shape index (κ1) is 20.1. The molecule has 9 heteroatoms. The molecule has 8 nitrogen and oxygen atoms in total. The molecule has 1 aromatic carbocycles. The normalized spacial score (nSPS) is 23.6. The molecular formula is C22H25ClN6O2.